The third-order valence-corrected chi connectivity index (χ3v) is 4.00. The first-order chi connectivity index (χ1) is 10.6. The number of hydrogen-bond acceptors (Lipinski definition) is 3. The summed E-state index contributed by atoms with van der Waals surface area (Å²) in [6, 6.07) is 0. The Morgan fingerprint density at radius 3 is 1.26 bits per heavy atom. The molecule has 2 unspecified atom stereocenters. The summed E-state index contributed by atoms with van der Waals surface area (Å²) in [5.41, 5.74) is 0. The van der Waals surface area contributed by atoms with Crippen molar-refractivity contribution in [1.29, 1.82) is 0 Å². The van der Waals surface area contributed by atoms with E-state index in [1.165, 1.54) is 0 Å². The summed E-state index contributed by atoms with van der Waals surface area (Å²) in [4.78, 5) is 0. The fraction of sp³-hybridized carbons (Fsp3) is 1.00. The zero-order chi connectivity index (χ0) is 17.9. The molecule has 0 amide bonds. The molecule has 23 heavy (non-hydrogen) atoms. The first-order valence-corrected chi connectivity index (χ1v) is 9.05. The summed E-state index contributed by atoms with van der Waals surface area (Å²) in [5.74, 6) is 0. The zero-order valence-corrected chi connectivity index (χ0v) is 16.4. The molecule has 0 heterocycles. The smallest absolute Gasteiger partial charge is 0.0805 e. The molecule has 2 N–H and O–H groups in total. The number of aliphatic hydroxyl groups excluding tert-OH is 2. The standard InChI is InChI=1S/C18H42N2O3/c1-19(2,3)13-11-17(9-7-15-21)23-18(10-8-16-22)12-14-20(4,5)6/h17-18,21-22H,7-16H2,1-6H3/q+2. The van der Waals surface area contributed by atoms with E-state index in [4.69, 9.17) is 14.9 Å². The van der Waals surface area contributed by atoms with E-state index < -0.39 is 0 Å². The second kappa shape index (κ2) is 11.4. The number of aliphatic hydroxyl groups is 2. The molecule has 0 spiro atoms. The molecule has 0 aromatic carbocycles. The highest BCUT2D eigenvalue weighted by molar-refractivity contribution is 4.65. The largest absolute Gasteiger partial charge is 0.396 e. The Morgan fingerprint density at radius 2 is 1.00 bits per heavy atom. The predicted molar refractivity (Wildman–Crippen MR) is 96.3 cm³/mol. The molecule has 5 heteroatoms. The number of ether oxygens (including phenoxy) is 1. The van der Waals surface area contributed by atoms with Crippen LogP contribution in [0.15, 0.2) is 0 Å². The first kappa shape index (κ1) is 22.8. The first-order valence-electron chi connectivity index (χ1n) is 9.05. The molecule has 0 rings (SSSR count). The van der Waals surface area contributed by atoms with Crippen molar-refractivity contribution in [2.75, 3.05) is 68.6 Å². The number of quaternary nitrogens is 2. The van der Waals surface area contributed by atoms with E-state index in [0.717, 1.165) is 60.6 Å². The van der Waals surface area contributed by atoms with Crippen molar-refractivity contribution in [2.45, 2.75) is 50.7 Å². The quantitative estimate of drug-likeness (QED) is 0.473. The van der Waals surface area contributed by atoms with Crippen molar-refractivity contribution in [3.05, 3.63) is 0 Å². The molecule has 5 nitrogen and oxygen atoms in total. The summed E-state index contributed by atoms with van der Waals surface area (Å²) < 4.78 is 8.26. The van der Waals surface area contributed by atoms with Crippen molar-refractivity contribution >= 4 is 0 Å². The molecule has 0 aromatic heterocycles. The SMILES string of the molecule is C[N+](C)(C)CCC(CCCO)OC(CCCO)CC[N+](C)(C)C. The second-order valence-corrected chi connectivity index (χ2v) is 8.72. The number of hydrogen-bond donors (Lipinski definition) is 2. The fourth-order valence-electron chi connectivity index (χ4n) is 2.53. The van der Waals surface area contributed by atoms with Gasteiger partial charge in [-0.2, -0.15) is 0 Å². The van der Waals surface area contributed by atoms with Gasteiger partial charge in [0.1, 0.15) is 0 Å². The van der Waals surface area contributed by atoms with Crippen molar-refractivity contribution < 1.29 is 23.9 Å². The van der Waals surface area contributed by atoms with Crippen LogP contribution in [0.4, 0.5) is 0 Å². The Hall–Kier alpha value is -0.200. The van der Waals surface area contributed by atoms with Gasteiger partial charge in [0.15, 0.2) is 0 Å². The molecule has 0 bridgehead atoms. The van der Waals surface area contributed by atoms with Crippen molar-refractivity contribution in [2.24, 2.45) is 0 Å². The minimum absolute atomic E-state index is 0.204. The minimum Gasteiger partial charge on any atom is -0.396 e. The van der Waals surface area contributed by atoms with Gasteiger partial charge in [-0.3, -0.25) is 0 Å². The molecule has 0 radical (unpaired) electrons. The molecule has 140 valence electrons. The number of nitrogens with zero attached hydrogens (tertiary/aromatic N) is 2. The van der Waals surface area contributed by atoms with Crippen molar-refractivity contribution in [1.82, 2.24) is 0 Å². The van der Waals surface area contributed by atoms with Gasteiger partial charge in [0, 0.05) is 26.1 Å². The third kappa shape index (κ3) is 15.1. The van der Waals surface area contributed by atoms with Gasteiger partial charge in [0.05, 0.1) is 67.6 Å². The molecule has 2 atom stereocenters. The topological polar surface area (TPSA) is 49.7 Å². The van der Waals surface area contributed by atoms with Crippen LogP contribution in [0.1, 0.15) is 38.5 Å². The monoisotopic (exact) mass is 334 g/mol. The van der Waals surface area contributed by atoms with E-state index in [9.17, 15) is 0 Å². The highest BCUT2D eigenvalue weighted by Gasteiger charge is 2.21. The lowest BCUT2D eigenvalue weighted by molar-refractivity contribution is -0.871. The Kier molecular flexibility index (Phi) is 11.3. The average molecular weight is 335 g/mol. The molecular formula is C18H42N2O3+2. The maximum atomic E-state index is 9.13. The molecule has 0 aliphatic heterocycles. The predicted octanol–water partition coefficient (Wildman–Crippen LogP) is 1.48. The lowest BCUT2D eigenvalue weighted by atomic mass is 10.1. The lowest BCUT2D eigenvalue weighted by Gasteiger charge is -2.31. The Labute approximate surface area is 144 Å². The minimum atomic E-state index is 0.204. The normalized spacial score (nSPS) is 15.7. The van der Waals surface area contributed by atoms with Crippen LogP contribution in [-0.2, 0) is 4.74 Å². The maximum Gasteiger partial charge on any atom is 0.0805 e. The van der Waals surface area contributed by atoms with Crippen LogP contribution in [0.3, 0.4) is 0 Å². The molecule has 0 aromatic rings. The van der Waals surface area contributed by atoms with E-state index in [1.54, 1.807) is 0 Å². The summed E-state index contributed by atoms with van der Waals surface area (Å²) in [5, 5.41) is 18.3. The lowest BCUT2D eigenvalue weighted by Crippen LogP contribution is -2.39. The molecule has 0 aliphatic rings. The highest BCUT2D eigenvalue weighted by Crippen LogP contribution is 2.17. The Bertz CT molecular complexity index is 257. The van der Waals surface area contributed by atoms with Crippen molar-refractivity contribution in [3.8, 4) is 0 Å². The average Bonchev–Trinajstić information content (AvgIpc) is 2.42. The van der Waals surface area contributed by atoms with E-state index >= 15 is 0 Å². The van der Waals surface area contributed by atoms with Gasteiger partial charge in [-0.1, -0.05) is 0 Å². The number of rotatable bonds is 14. The van der Waals surface area contributed by atoms with Crippen LogP contribution >= 0.6 is 0 Å². The van der Waals surface area contributed by atoms with E-state index in [1.807, 2.05) is 0 Å². The van der Waals surface area contributed by atoms with Crippen LogP contribution in [0.25, 0.3) is 0 Å². The summed E-state index contributed by atoms with van der Waals surface area (Å²) in [6.45, 7) is 2.59. The van der Waals surface area contributed by atoms with Crippen LogP contribution in [0.2, 0.25) is 0 Å². The molecule has 0 saturated carbocycles. The van der Waals surface area contributed by atoms with Gasteiger partial charge in [0.25, 0.3) is 0 Å². The second-order valence-electron chi connectivity index (χ2n) is 8.72. The molecular weight excluding hydrogens is 292 g/mol. The highest BCUT2D eigenvalue weighted by atomic mass is 16.5. The van der Waals surface area contributed by atoms with Crippen LogP contribution in [0, 0.1) is 0 Å². The van der Waals surface area contributed by atoms with E-state index in [0.29, 0.717) is 0 Å². The van der Waals surface area contributed by atoms with Gasteiger partial charge in [-0.15, -0.1) is 0 Å². The van der Waals surface area contributed by atoms with Crippen molar-refractivity contribution in [3.63, 3.8) is 0 Å². The van der Waals surface area contributed by atoms with Gasteiger partial charge >= 0.3 is 0 Å². The van der Waals surface area contributed by atoms with Crippen LogP contribution < -0.4 is 0 Å². The molecule has 0 fully saturated rings. The molecule has 0 aliphatic carbocycles. The van der Waals surface area contributed by atoms with Crippen LogP contribution in [-0.4, -0.2) is 100.0 Å². The third-order valence-electron chi connectivity index (χ3n) is 4.00. The van der Waals surface area contributed by atoms with Gasteiger partial charge < -0.3 is 23.9 Å². The van der Waals surface area contributed by atoms with E-state index in [2.05, 4.69) is 42.3 Å². The Balaban J connectivity index is 4.59. The van der Waals surface area contributed by atoms with Crippen LogP contribution in [0.5, 0.6) is 0 Å². The van der Waals surface area contributed by atoms with Gasteiger partial charge in [-0.05, 0) is 25.7 Å². The molecule has 0 saturated heterocycles. The summed E-state index contributed by atoms with van der Waals surface area (Å²) >= 11 is 0. The maximum absolute atomic E-state index is 9.13. The van der Waals surface area contributed by atoms with E-state index in [-0.39, 0.29) is 25.4 Å². The summed E-state index contributed by atoms with van der Waals surface area (Å²) in [6.07, 6.45) is 5.86. The zero-order valence-electron chi connectivity index (χ0n) is 16.4. The van der Waals surface area contributed by atoms with Gasteiger partial charge in [-0.25, -0.2) is 0 Å². The fourth-order valence-corrected chi connectivity index (χ4v) is 2.53. The Morgan fingerprint density at radius 1 is 0.652 bits per heavy atom. The summed E-state index contributed by atoms with van der Waals surface area (Å²) in [7, 11) is 13.2. The van der Waals surface area contributed by atoms with Gasteiger partial charge in [0.2, 0.25) is 0 Å².